The number of hydrogen-bond donors (Lipinski definition) is 2. The first-order chi connectivity index (χ1) is 11.1. The molecule has 0 atom stereocenters. The van der Waals surface area contributed by atoms with Crippen LogP contribution in [0.15, 0.2) is 53.5 Å². The second-order valence-corrected chi connectivity index (χ2v) is 4.86. The molecule has 0 spiro atoms. The standard InChI is InChI=1S/C16H17N3O4/c1-19(2)11-17-16(20)12-3-7-14(8-4-12)22-15-9-5-13(6-10-15)18-23-21/h3-11,18,21H,1-2H3. The number of hydrogen-bond acceptors (Lipinski definition) is 5. The highest BCUT2D eigenvalue weighted by molar-refractivity contribution is 5.98. The molecule has 0 aliphatic rings. The third kappa shape index (κ3) is 5.10. The summed E-state index contributed by atoms with van der Waals surface area (Å²) in [5.74, 6) is 0.889. The Morgan fingerprint density at radius 2 is 1.65 bits per heavy atom. The highest BCUT2D eigenvalue weighted by Gasteiger charge is 2.04. The molecule has 0 aliphatic heterocycles. The third-order valence-electron chi connectivity index (χ3n) is 2.76. The van der Waals surface area contributed by atoms with Gasteiger partial charge < -0.3 is 9.64 Å². The van der Waals surface area contributed by atoms with Gasteiger partial charge in [0.15, 0.2) is 0 Å². The fourth-order valence-electron chi connectivity index (χ4n) is 1.69. The van der Waals surface area contributed by atoms with Gasteiger partial charge in [-0.1, -0.05) is 0 Å². The molecule has 2 N–H and O–H groups in total. The van der Waals surface area contributed by atoms with Crippen LogP contribution in [0, 0.1) is 0 Å². The predicted molar refractivity (Wildman–Crippen MR) is 86.8 cm³/mol. The monoisotopic (exact) mass is 315 g/mol. The summed E-state index contributed by atoms with van der Waals surface area (Å²) in [6.45, 7) is 0. The smallest absolute Gasteiger partial charge is 0.278 e. The Labute approximate surface area is 133 Å². The third-order valence-corrected chi connectivity index (χ3v) is 2.76. The van der Waals surface area contributed by atoms with Crippen LogP contribution in [-0.4, -0.2) is 36.5 Å². The van der Waals surface area contributed by atoms with E-state index >= 15 is 0 Å². The average molecular weight is 315 g/mol. The SMILES string of the molecule is CN(C)C=NC(=O)c1ccc(Oc2ccc(NOO)cc2)cc1. The first-order valence-corrected chi connectivity index (χ1v) is 6.78. The molecule has 2 aromatic rings. The number of aliphatic imine (C=N–C) groups is 1. The molecule has 0 bridgehead atoms. The van der Waals surface area contributed by atoms with E-state index in [-0.39, 0.29) is 5.91 Å². The normalized spacial score (nSPS) is 10.6. The topological polar surface area (TPSA) is 83.4 Å². The van der Waals surface area contributed by atoms with Gasteiger partial charge in [-0.3, -0.25) is 4.79 Å². The molecule has 0 radical (unpaired) electrons. The number of nitrogens with one attached hydrogen (secondary N) is 1. The largest absolute Gasteiger partial charge is 0.457 e. The molecule has 120 valence electrons. The first kappa shape index (κ1) is 16.5. The second-order valence-electron chi connectivity index (χ2n) is 4.86. The van der Waals surface area contributed by atoms with Gasteiger partial charge in [0.25, 0.3) is 5.91 Å². The zero-order valence-electron chi connectivity index (χ0n) is 12.8. The van der Waals surface area contributed by atoms with Crippen LogP contribution in [0.3, 0.4) is 0 Å². The molecule has 1 amide bonds. The number of nitrogens with zero attached hydrogens (tertiary/aromatic N) is 2. The van der Waals surface area contributed by atoms with E-state index in [1.54, 1.807) is 67.5 Å². The summed E-state index contributed by atoms with van der Waals surface area (Å²) in [7, 11) is 3.59. The summed E-state index contributed by atoms with van der Waals surface area (Å²) in [4.78, 5) is 21.1. The van der Waals surface area contributed by atoms with Crippen molar-refractivity contribution < 1.29 is 19.8 Å². The van der Waals surface area contributed by atoms with Crippen molar-refractivity contribution in [1.29, 1.82) is 0 Å². The van der Waals surface area contributed by atoms with Crippen LogP contribution in [0.4, 0.5) is 5.69 Å². The molecule has 2 rings (SSSR count). The van der Waals surface area contributed by atoms with E-state index in [2.05, 4.69) is 15.5 Å². The summed E-state index contributed by atoms with van der Waals surface area (Å²) in [5, 5.41) is 8.28. The van der Waals surface area contributed by atoms with Crippen LogP contribution < -0.4 is 10.2 Å². The lowest BCUT2D eigenvalue weighted by molar-refractivity contribution is -0.215. The number of anilines is 1. The lowest BCUT2D eigenvalue weighted by Crippen LogP contribution is -2.09. The van der Waals surface area contributed by atoms with Crippen LogP contribution >= 0.6 is 0 Å². The summed E-state index contributed by atoms with van der Waals surface area (Å²) >= 11 is 0. The minimum absolute atomic E-state index is 0.315. The van der Waals surface area contributed by atoms with Gasteiger partial charge >= 0.3 is 0 Å². The van der Waals surface area contributed by atoms with E-state index in [0.29, 0.717) is 22.7 Å². The molecule has 0 unspecified atom stereocenters. The number of ether oxygens (including phenoxy) is 1. The maximum atomic E-state index is 11.8. The molecular weight excluding hydrogens is 298 g/mol. The van der Waals surface area contributed by atoms with Crippen LogP contribution in [-0.2, 0) is 4.99 Å². The van der Waals surface area contributed by atoms with Gasteiger partial charge in [-0.2, -0.15) is 4.99 Å². The summed E-state index contributed by atoms with van der Waals surface area (Å²) < 4.78 is 5.66. The van der Waals surface area contributed by atoms with Gasteiger partial charge in [-0.15, -0.1) is 4.99 Å². The molecule has 7 nitrogen and oxygen atoms in total. The lowest BCUT2D eigenvalue weighted by Gasteiger charge is -2.07. The van der Waals surface area contributed by atoms with Crippen LogP contribution in [0.25, 0.3) is 0 Å². The minimum atomic E-state index is -0.315. The fraction of sp³-hybridized carbons (Fsp3) is 0.125. The number of benzene rings is 2. The molecule has 2 aromatic carbocycles. The number of amides is 1. The number of carbonyl (C=O) groups excluding carboxylic acids is 1. The molecule has 0 saturated heterocycles. The van der Waals surface area contributed by atoms with Crippen molar-refractivity contribution in [3.05, 3.63) is 54.1 Å². The highest BCUT2D eigenvalue weighted by atomic mass is 17.2. The van der Waals surface area contributed by atoms with Crippen molar-refractivity contribution in [2.45, 2.75) is 0 Å². The van der Waals surface area contributed by atoms with Crippen molar-refractivity contribution in [3.8, 4) is 11.5 Å². The van der Waals surface area contributed by atoms with Gasteiger partial charge in [0.2, 0.25) is 0 Å². The zero-order chi connectivity index (χ0) is 16.7. The summed E-state index contributed by atoms with van der Waals surface area (Å²) in [5.41, 5.74) is 3.35. The maximum absolute atomic E-state index is 11.8. The fourth-order valence-corrected chi connectivity index (χ4v) is 1.69. The van der Waals surface area contributed by atoms with Crippen LogP contribution in [0.2, 0.25) is 0 Å². The molecule has 0 saturated carbocycles. The van der Waals surface area contributed by atoms with E-state index < -0.39 is 0 Å². The van der Waals surface area contributed by atoms with Gasteiger partial charge in [-0.05, 0) is 48.5 Å². The molecule has 7 heteroatoms. The van der Waals surface area contributed by atoms with E-state index in [1.807, 2.05) is 0 Å². The zero-order valence-corrected chi connectivity index (χ0v) is 12.8. The van der Waals surface area contributed by atoms with Crippen molar-refractivity contribution in [1.82, 2.24) is 4.90 Å². The van der Waals surface area contributed by atoms with Gasteiger partial charge in [-0.25, -0.2) is 10.7 Å². The number of carbonyl (C=O) groups is 1. The quantitative estimate of drug-likeness (QED) is 0.369. The van der Waals surface area contributed by atoms with Gasteiger partial charge in [0, 0.05) is 19.7 Å². The number of rotatable bonds is 6. The second kappa shape index (κ2) is 7.92. The van der Waals surface area contributed by atoms with Crippen molar-refractivity contribution in [2.24, 2.45) is 4.99 Å². The minimum Gasteiger partial charge on any atom is -0.457 e. The molecule has 0 aromatic heterocycles. The molecule has 0 heterocycles. The van der Waals surface area contributed by atoms with Crippen LogP contribution in [0.1, 0.15) is 10.4 Å². The van der Waals surface area contributed by atoms with Crippen molar-refractivity contribution >= 4 is 17.9 Å². The van der Waals surface area contributed by atoms with E-state index in [1.165, 1.54) is 6.34 Å². The van der Waals surface area contributed by atoms with Gasteiger partial charge in [0.05, 0.1) is 12.0 Å². The molecule has 0 aliphatic carbocycles. The summed E-state index contributed by atoms with van der Waals surface area (Å²) in [6, 6.07) is 13.5. The predicted octanol–water partition coefficient (Wildman–Crippen LogP) is 3.03. The highest BCUT2D eigenvalue weighted by Crippen LogP contribution is 2.23. The Morgan fingerprint density at radius 3 is 2.17 bits per heavy atom. The van der Waals surface area contributed by atoms with E-state index in [9.17, 15) is 4.79 Å². The van der Waals surface area contributed by atoms with Crippen molar-refractivity contribution in [2.75, 3.05) is 19.6 Å². The van der Waals surface area contributed by atoms with E-state index in [4.69, 9.17) is 9.99 Å². The Hall–Kier alpha value is -2.90. The van der Waals surface area contributed by atoms with Crippen LogP contribution in [0.5, 0.6) is 11.5 Å². The van der Waals surface area contributed by atoms with E-state index in [0.717, 1.165) is 0 Å². The Bertz CT molecular complexity index is 667. The summed E-state index contributed by atoms with van der Waals surface area (Å²) in [6.07, 6.45) is 1.46. The Balaban J connectivity index is 2.00. The molecular formula is C16H17N3O4. The molecule has 0 fully saturated rings. The Kier molecular flexibility index (Phi) is 5.67. The maximum Gasteiger partial charge on any atom is 0.278 e. The lowest BCUT2D eigenvalue weighted by atomic mass is 10.2. The van der Waals surface area contributed by atoms with Gasteiger partial charge in [0.1, 0.15) is 11.5 Å². The molecule has 23 heavy (non-hydrogen) atoms. The average Bonchev–Trinajstić information content (AvgIpc) is 2.55. The first-order valence-electron chi connectivity index (χ1n) is 6.78. The Morgan fingerprint density at radius 1 is 1.09 bits per heavy atom. The van der Waals surface area contributed by atoms with Crippen molar-refractivity contribution in [3.63, 3.8) is 0 Å².